The van der Waals surface area contributed by atoms with Gasteiger partial charge in [0.05, 0.1) is 5.92 Å². The highest BCUT2D eigenvalue weighted by Crippen LogP contribution is 2.76. The van der Waals surface area contributed by atoms with Crippen molar-refractivity contribution in [2.24, 2.45) is 11.3 Å². The molecule has 3 aliphatic rings. The molecule has 1 saturated heterocycles. The Morgan fingerprint density at radius 2 is 1.91 bits per heavy atom. The van der Waals surface area contributed by atoms with Crippen LogP contribution in [0.1, 0.15) is 30.7 Å². The van der Waals surface area contributed by atoms with E-state index < -0.39 is 28.9 Å². The molecule has 3 N–H and O–H groups in total. The second-order valence-corrected chi connectivity index (χ2v) is 6.41. The summed E-state index contributed by atoms with van der Waals surface area (Å²) >= 11 is 0. The molecule has 6 heteroatoms. The molecule has 3 unspecified atom stereocenters. The lowest BCUT2D eigenvalue weighted by Gasteiger charge is -2.29. The van der Waals surface area contributed by atoms with Crippen molar-refractivity contribution in [2.45, 2.75) is 30.7 Å². The van der Waals surface area contributed by atoms with Crippen LogP contribution in [0.15, 0.2) is 30.3 Å². The number of aliphatic carboxylic acids is 1. The van der Waals surface area contributed by atoms with Crippen LogP contribution in [0.3, 0.4) is 0 Å². The molecule has 2 saturated carbocycles. The Kier molecular flexibility index (Phi) is 2.47. The minimum absolute atomic E-state index is 0.238. The van der Waals surface area contributed by atoms with Crippen molar-refractivity contribution < 1.29 is 19.5 Å². The maximum atomic E-state index is 12.4. The number of imide groups is 1. The van der Waals surface area contributed by atoms with E-state index in [0.29, 0.717) is 12.8 Å². The Balaban J connectivity index is 1.83. The van der Waals surface area contributed by atoms with Gasteiger partial charge in [0.25, 0.3) is 5.91 Å². The van der Waals surface area contributed by atoms with Crippen LogP contribution < -0.4 is 10.6 Å². The number of amides is 3. The summed E-state index contributed by atoms with van der Waals surface area (Å²) in [6.07, 6.45) is 1.87. The van der Waals surface area contributed by atoms with Crippen molar-refractivity contribution in [3.05, 3.63) is 35.9 Å². The fourth-order valence-electron chi connectivity index (χ4n) is 4.88. The van der Waals surface area contributed by atoms with Crippen molar-refractivity contribution in [3.8, 4) is 0 Å². The lowest BCUT2D eigenvalue weighted by Crippen LogP contribution is -2.52. The van der Waals surface area contributed by atoms with Gasteiger partial charge < -0.3 is 10.4 Å². The largest absolute Gasteiger partial charge is 0.481 e. The standard InChI is InChI=1S/C16H16N2O4/c19-12(20)11-10(9-5-2-1-3-6-9)15(11)7-4-8-16(15)13(21)17-14(22)18-16/h1-3,5-6,10-11H,4,7-8H2,(H,19,20)(H2,17,18,21,22)/t10?,11?,15?,16-/m1/s1. The zero-order chi connectivity index (χ0) is 15.5. The number of hydrogen-bond donors (Lipinski definition) is 3. The van der Waals surface area contributed by atoms with E-state index in [-0.39, 0.29) is 11.8 Å². The van der Waals surface area contributed by atoms with E-state index in [2.05, 4.69) is 10.6 Å². The number of carbonyl (C=O) groups excluding carboxylic acids is 2. The molecule has 4 atom stereocenters. The van der Waals surface area contributed by atoms with Gasteiger partial charge in [0, 0.05) is 11.3 Å². The molecule has 6 nitrogen and oxygen atoms in total. The highest BCUT2D eigenvalue weighted by Gasteiger charge is 2.82. The lowest BCUT2D eigenvalue weighted by molar-refractivity contribution is -0.140. The number of carbonyl (C=O) groups is 3. The Hall–Kier alpha value is -2.37. The summed E-state index contributed by atoms with van der Waals surface area (Å²) in [4.78, 5) is 35.9. The second kappa shape index (κ2) is 4.09. The number of rotatable bonds is 2. The van der Waals surface area contributed by atoms with Gasteiger partial charge in [-0.3, -0.25) is 14.9 Å². The predicted octanol–water partition coefficient (Wildman–Crippen LogP) is 1.23. The fraction of sp³-hybridized carbons (Fsp3) is 0.438. The summed E-state index contributed by atoms with van der Waals surface area (Å²) in [5.41, 5.74) is -0.866. The molecule has 0 bridgehead atoms. The summed E-state index contributed by atoms with van der Waals surface area (Å²) in [5.74, 6) is -2.15. The zero-order valence-corrected chi connectivity index (χ0v) is 11.8. The molecule has 0 aromatic heterocycles. The van der Waals surface area contributed by atoms with Crippen molar-refractivity contribution in [1.29, 1.82) is 0 Å². The van der Waals surface area contributed by atoms with Gasteiger partial charge in [-0.1, -0.05) is 30.3 Å². The van der Waals surface area contributed by atoms with Crippen LogP contribution in [0, 0.1) is 11.3 Å². The Morgan fingerprint density at radius 3 is 2.50 bits per heavy atom. The monoisotopic (exact) mass is 300 g/mol. The molecule has 114 valence electrons. The third-order valence-corrected chi connectivity index (χ3v) is 5.64. The van der Waals surface area contributed by atoms with E-state index in [1.54, 1.807) is 0 Å². The zero-order valence-electron chi connectivity index (χ0n) is 11.8. The molecular weight excluding hydrogens is 284 g/mol. The SMILES string of the molecule is O=C1NC(=O)[C@@]2(CCCC23C(C(=O)O)C3c2ccccc2)N1. The first-order valence-corrected chi connectivity index (χ1v) is 7.44. The Morgan fingerprint density at radius 1 is 1.18 bits per heavy atom. The van der Waals surface area contributed by atoms with Crippen LogP contribution in [0.5, 0.6) is 0 Å². The van der Waals surface area contributed by atoms with Gasteiger partial charge in [0.1, 0.15) is 5.54 Å². The molecule has 1 aromatic carbocycles. The van der Waals surface area contributed by atoms with E-state index in [9.17, 15) is 19.5 Å². The molecular formula is C16H16N2O4. The number of carboxylic acid groups (broad SMARTS) is 1. The topological polar surface area (TPSA) is 95.5 Å². The van der Waals surface area contributed by atoms with Gasteiger partial charge >= 0.3 is 12.0 Å². The second-order valence-electron chi connectivity index (χ2n) is 6.41. The molecule has 4 rings (SSSR count). The van der Waals surface area contributed by atoms with Crippen LogP contribution in [0.25, 0.3) is 0 Å². The maximum absolute atomic E-state index is 12.4. The average molecular weight is 300 g/mol. The summed E-state index contributed by atoms with van der Waals surface area (Å²) in [7, 11) is 0. The molecule has 1 heterocycles. The van der Waals surface area contributed by atoms with Crippen LogP contribution in [-0.4, -0.2) is 28.6 Å². The average Bonchev–Trinajstić information content (AvgIpc) is 2.89. The Labute approximate surface area is 126 Å². The highest BCUT2D eigenvalue weighted by molar-refractivity contribution is 6.09. The predicted molar refractivity (Wildman–Crippen MR) is 76.0 cm³/mol. The summed E-state index contributed by atoms with van der Waals surface area (Å²) in [6, 6.07) is 8.90. The minimum atomic E-state index is -1.08. The van der Waals surface area contributed by atoms with Crippen molar-refractivity contribution in [1.82, 2.24) is 10.6 Å². The molecule has 3 amide bonds. The molecule has 0 radical (unpaired) electrons. The van der Waals surface area contributed by atoms with Gasteiger partial charge in [0.2, 0.25) is 0 Å². The van der Waals surface area contributed by atoms with E-state index in [1.165, 1.54) is 0 Å². The molecule has 1 aromatic rings. The number of hydrogen-bond acceptors (Lipinski definition) is 3. The van der Waals surface area contributed by atoms with E-state index in [1.807, 2.05) is 30.3 Å². The van der Waals surface area contributed by atoms with Crippen LogP contribution >= 0.6 is 0 Å². The molecule has 2 aliphatic carbocycles. The van der Waals surface area contributed by atoms with E-state index in [0.717, 1.165) is 12.0 Å². The lowest BCUT2D eigenvalue weighted by atomic mass is 9.79. The molecule has 3 fully saturated rings. The smallest absolute Gasteiger partial charge is 0.322 e. The molecule has 2 spiro atoms. The van der Waals surface area contributed by atoms with Gasteiger partial charge in [-0.15, -0.1) is 0 Å². The van der Waals surface area contributed by atoms with Gasteiger partial charge in [-0.25, -0.2) is 4.79 Å². The Bertz CT molecular complexity index is 689. The number of carboxylic acids is 1. The quantitative estimate of drug-likeness (QED) is 0.716. The van der Waals surface area contributed by atoms with Gasteiger partial charge in [0.15, 0.2) is 0 Å². The van der Waals surface area contributed by atoms with Crippen LogP contribution in [0.4, 0.5) is 4.79 Å². The number of nitrogens with one attached hydrogen (secondary N) is 2. The molecule has 1 aliphatic heterocycles. The summed E-state index contributed by atoms with van der Waals surface area (Å²) in [6.45, 7) is 0. The first-order valence-electron chi connectivity index (χ1n) is 7.44. The summed E-state index contributed by atoms with van der Waals surface area (Å²) in [5, 5.41) is 14.7. The minimum Gasteiger partial charge on any atom is -0.481 e. The van der Waals surface area contributed by atoms with E-state index >= 15 is 0 Å². The van der Waals surface area contributed by atoms with Crippen molar-refractivity contribution in [2.75, 3.05) is 0 Å². The van der Waals surface area contributed by atoms with Gasteiger partial charge in [-0.2, -0.15) is 0 Å². The fourth-order valence-corrected chi connectivity index (χ4v) is 4.88. The van der Waals surface area contributed by atoms with Crippen LogP contribution in [-0.2, 0) is 9.59 Å². The third-order valence-electron chi connectivity index (χ3n) is 5.64. The number of benzene rings is 1. The van der Waals surface area contributed by atoms with E-state index in [4.69, 9.17) is 0 Å². The number of fused-ring (bicyclic) bond motifs is 1. The highest BCUT2D eigenvalue weighted by atomic mass is 16.4. The summed E-state index contributed by atoms with van der Waals surface area (Å²) < 4.78 is 0. The number of urea groups is 1. The first kappa shape index (κ1) is 13.3. The van der Waals surface area contributed by atoms with Crippen molar-refractivity contribution in [3.63, 3.8) is 0 Å². The molecule has 22 heavy (non-hydrogen) atoms. The van der Waals surface area contributed by atoms with Crippen molar-refractivity contribution >= 4 is 17.9 Å². The van der Waals surface area contributed by atoms with Gasteiger partial charge in [-0.05, 0) is 24.8 Å². The van der Waals surface area contributed by atoms with Crippen LogP contribution in [0.2, 0.25) is 0 Å². The normalized spacial score (nSPS) is 39.1. The third kappa shape index (κ3) is 1.37. The first-order chi connectivity index (χ1) is 10.5. The maximum Gasteiger partial charge on any atom is 0.322 e.